The van der Waals surface area contributed by atoms with Gasteiger partial charge >= 0.3 is 6.18 Å². The zero-order valence-electron chi connectivity index (χ0n) is 7.84. The standard InChI is InChI=1S/C10H9F3O2/c1-6(9(14)15)7-3-2-4-8(5-7)10(11,12)13/h2-6H,1H3,(H,14,15)/p-1. The molecule has 1 aromatic rings. The van der Waals surface area contributed by atoms with Gasteiger partial charge in [-0.3, -0.25) is 0 Å². The average Bonchev–Trinajstić information content (AvgIpc) is 2.15. The molecule has 0 spiro atoms. The molecule has 0 saturated heterocycles. The normalized spacial score (nSPS) is 13.6. The predicted octanol–water partition coefficient (Wildman–Crippen LogP) is 1.56. The predicted molar refractivity (Wildman–Crippen MR) is 44.9 cm³/mol. The number of benzene rings is 1. The SMILES string of the molecule is CC(C(=O)[O-])c1cccc(C(F)(F)F)c1. The Hall–Kier alpha value is -1.52. The van der Waals surface area contributed by atoms with Crippen LogP contribution in [0.4, 0.5) is 13.2 Å². The van der Waals surface area contributed by atoms with Crippen molar-refractivity contribution in [1.29, 1.82) is 0 Å². The van der Waals surface area contributed by atoms with Crippen molar-refractivity contribution in [3.05, 3.63) is 35.4 Å². The van der Waals surface area contributed by atoms with E-state index in [-0.39, 0.29) is 5.56 Å². The fraction of sp³-hybridized carbons (Fsp3) is 0.300. The smallest absolute Gasteiger partial charge is 0.416 e. The van der Waals surface area contributed by atoms with Crippen LogP contribution in [0.3, 0.4) is 0 Å². The number of hydrogen-bond donors (Lipinski definition) is 0. The molecule has 1 unspecified atom stereocenters. The zero-order valence-corrected chi connectivity index (χ0v) is 7.84. The fourth-order valence-corrected chi connectivity index (χ4v) is 1.12. The Bertz CT molecular complexity index is 371. The number of alkyl halides is 3. The van der Waals surface area contributed by atoms with Crippen LogP contribution in [0.15, 0.2) is 24.3 Å². The highest BCUT2D eigenvalue weighted by molar-refractivity contribution is 5.73. The molecular formula is C10H8F3O2-. The highest BCUT2D eigenvalue weighted by Crippen LogP contribution is 2.30. The van der Waals surface area contributed by atoms with Gasteiger partial charge in [-0.15, -0.1) is 0 Å². The molecule has 0 aliphatic carbocycles. The molecule has 0 N–H and O–H groups in total. The third-order valence-electron chi connectivity index (χ3n) is 2.07. The van der Waals surface area contributed by atoms with Crippen LogP contribution in [0.5, 0.6) is 0 Å². The molecule has 1 atom stereocenters. The van der Waals surface area contributed by atoms with Crippen LogP contribution in [-0.4, -0.2) is 5.97 Å². The quantitative estimate of drug-likeness (QED) is 0.754. The molecule has 1 aromatic carbocycles. The molecule has 0 heterocycles. The Morgan fingerprint density at radius 1 is 1.40 bits per heavy atom. The van der Waals surface area contributed by atoms with Crippen molar-refractivity contribution >= 4 is 5.97 Å². The van der Waals surface area contributed by atoms with Crippen molar-refractivity contribution in [1.82, 2.24) is 0 Å². The second-order valence-corrected chi connectivity index (χ2v) is 3.16. The van der Waals surface area contributed by atoms with Crippen LogP contribution < -0.4 is 5.11 Å². The van der Waals surface area contributed by atoms with Gasteiger partial charge in [0.1, 0.15) is 0 Å². The van der Waals surface area contributed by atoms with Crippen LogP contribution in [0.1, 0.15) is 24.0 Å². The highest BCUT2D eigenvalue weighted by Gasteiger charge is 2.30. The van der Waals surface area contributed by atoms with Crippen molar-refractivity contribution in [2.24, 2.45) is 0 Å². The summed E-state index contributed by atoms with van der Waals surface area (Å²) in [5.41, 5.74) is -0.766. The minimum atomic E-state index is -4.46. The van der Waals surface area contributed by atoms with Crippen LogP contribution in [-0.2, 0) is 11.0 Å². The van der Waals surface area contributed by atoms with Crippen molar-refractivity contribution in [2.45, 2.75) is 19.0 Å². The molecule has 0 amide bonds. The number of carboxylic acids is 1. The molecule has 2 nitrogen and oxygen atoms in total. The molecule has 0 aliphatic rings. The first-order valence-electron chi connectivity index (χ1n) is 4.20. The van der Waals surface area contributed by atoms with E-state index in [0.29, 0.717) is 0 Å². The Kier molecular flexibility index (Phi) is 3.02. The summed E-state index contributed by atoms with van der Waals surface area (Å²) in [7, 11) is 0. The molecule has 0 radical (unpaired) electrons. The number of hydrogen-bond acceptors (Lipinski definition) is 2. The third-order valence-corrected chi connectivity index (χ3v) is 2.07. The van der Waals surface area contributed by atoms with Gasteiger partial charge in [-0.2, -0.15) is 13.2 Å². The van der Waals surface area contributed by atoms with Gasteiger partial charge in [-0.05, 0) is 11.6 Å². The summed E-state index contributed by atoms with van der Waals surface area (Å²) in [5.74, 6) is -2.44. The summed E-state index contributed by atoms with van der Waals surface area (Å²) in [6, 6.07) is 4.22. The number of carbonyl (C=O) groups excluding carboxylic acids is 1. The van der Waals surface area contributed by atoms with Crippen LogP contribution >= 0.6 is 0 Å². The molecule has 0 aromatic heterocycles. The van der Waals surface area contributed by atoms with Crippen molar-refractivity contribution in [3.63, 3.8) is 0 Å². The van der Waals surface area contributed by atoms with Crippen LogP contribution in [0.2, 0.25) is 0 Å². The summed E-state index contributed by atoms with van der Waals surface area (Å²) in [6.07, 6.45) is -4.46. The monoisotopic (exact) mass is 217 g/mol. The van der Waals surface area contributed by atoms with Gasteiger partial charge in [-0.25, -0.2) is 0 Å². The lowest BCUT2D eigenvalue weighted by atomic mass is 9.99. The molecule has 0 saturated carbocycles. The second kappa shape index (κ2) is 3.92. The summed E-state index contributed by atoms with van der Waals surface area (Å²) >= 11 is 0. The maximum Gasteiger partial charge on any atom is 0.416 e. The van der Waals surface area contributed by atoms with E-state index in [9.17, 15) is 23.1 Å². The van der Waals surface area contributed by atoms with Crippen LogP contribution in [0, 0.1) is 0 Å². The Labute approximate surface area is 84.3 Å². The van der Waals surface area contributed by atoms with Gasteiger partial charge in [0.15, 0.2) is 0 Å². The van der Waals surface area contributed by atoms with E-state index < -0.39 is 23.6 Å². The van der Waals surface area contributed by atoms with Crippen molar-refractivity contribution in [2.75, 3.05) is 0 Å². The van der Waals surface area contributed by atoms with Gasteiger partial charge in [-0.1, -0.05) is 25.1 Å². The van der Waals surface area contributed by atoms with Crippen LogP contribution in [0.25, 0.3) is 0 Å². The van der Waals surface area contributed by atoms with E-state index in [4.69, 9.17) is 0 Å². The lowest BCUT2D eigenvalue weighted by Gasteiger charge is -2.14. The maximum atomic E-state index is 12.3. The Morgan fingerprint density at radius 2 is 2.00 bits per heavy atom. The van der Waals surface area contributed by atoms with Gasteiger partial charge in [0.05, 0.1) is 5.56 Å². The molecule has 82 valence electrons. The number of halogens is 3. The Morgan fingerprint density at radius 3 is 2.47 bits per heavy atom. The molecule has 0 aliphatic heterocycles. The van der Waals surface area contributed by atoms with Gasteiger partial charge in [0.25, 0.3) is 0 Å². The topological polar surface area (TPSA) is 40.1 Å². The molecule has 1 rings (SSSR count). The summed E-state index contributed by atoms with van der Waals surface area (Å²) in [6.45, 7) is 1.28. The number of carboxylic acid groups (broad SMARTS) is 1. The lowest BCUT2D eigenvalue weighted by Crippen LogP contribution is -2.28. The lowest BCUT2D eigenvalue weighted by molar-refractivity contribution is -0.307. The summed E-state index contributed by atoms with van der Waals surface area (Å²) in [5, 5.41) is 10.5. The molecule has 0 fully saturated rings. The maximum absolute atomic E-state index is 12.3. The fourth-order valence-electron chi connectivity index (χ4n) is 1.12. The number of rotatable bonds is 2. The van der Waals surface area contributed by atoms with E-state index in [1.165, 1.54) is 19.1 Å². The van der Waals surface area contributed by atoms with E-state index in [2.05, 4.69) is 0 Å². The molecular weight excluding hydrogens is 209 g/mol. The zero-order chi connectivity index (χ0) is 11.6. The minimum Gasteiger partial charge on any atom is -0.550 e. The molecule has 5 heteroatoms. The van der Waals surface area contributed by atoms with Gasteiger partial charge in [0.2, 0.25) is 0 Å². The van der Waals surface area contributed by atoms with E-state index in [0.717, 1.165) is 12.1 Å². The van der Waals surface area contributed by atoms with Crippen molar-refractivity contribution in [3.8, 4) is 0 Å². The van der Waals surface area contributed by atoms with E-state index in [1.807, 2.05) is 0 Å². The van der Waals surface area contributed by atoms with Gasteiger partial charge < -0.3 is 9.90 Å². The van der Waals surface area contributed by atoms with E-state index >= 15 is 0 Å². The largest absolute Gasteiger partial charge is 0.550 e. The van der Waals surface area contributed by atoms with Crippen molar-refractivity contribution < 1.29 is 23.1 Å². The molecule has 15 heavy (non-hydrogen) atoms. The second-order valence-electron chi connectivity index (χ2n) is 3.16. The van der Waals surface area contributed by atoms with E-state index in [1.54, 1.807) is 0 Å². The molecule has 0 bridgehead atoms. The first kappa shape index (κ1) is 11.6. The number of aliphatic carboxylic acids is 1. The summed E-state index contributed by atoms with van der Waals surface area (Å²) in [4.78, 5) is 10.5. The average molecular weight is 217 g/mol. The number of carbonyl (C=O) groups is 1. The Balaban J connectivity index is 3.08. The first-order valence-corrected chi connectivity index (χ1v) is 4.20. The summed E-state index contributed by atoms with van der Waals surface area (Å²) < 4.78 is 36.8. The minimum absolute atomic E-state index is 0.0878. The third kappa shape index (κ3) is 2.71. The highest BCUT2D eigenvalue weighted by atomic mass is 19.4. The van der Waals surface area contributed by atoms with Gasteiger partial charge in [0, 0.05) is 11.9 Å². The first-order chi connectivity index (χ1) is 6.82.